The number of nitrogens with zero attached hydrogens (tertiary/aromatic N) is 5. The smallest absolute Gasteiger partial charge is 0.228 e. The number of aryl methyl sites for hydroxylation is 1. The second-order valence-corrected chi connectivity index (χ2v) is 9.52. The van der Waals surface area contributed by atoms with Gasteiger partial charge in [-0.05, 0) is 78.5 Å². The van der Waals surface area contributed by atoms with Crippen LogP contribution in [0, 0.1) is 18.6 Å². The summed E-state index contributed by atoms with van der Waals surface area (Å²) in [7, 11) is 0. The van der Waals surface area contributed by atoms with Crippen molar-refractivity contribution in [3.05, 3.63) is 95.6 Å². The van der Waals surface area contributed by atoms with Crippen molar-refractivity contribution in [3.63, 3.8) is 0 Å². The highest BCUT2D eigenvalue weighted by Crippen LogP contribution is 2.36. The number of aromatic nitrogens is 5. The van der Waals surface area contributed by atoms with E-state index in [9.17, 15) is 8.78 Å². The predicted molar refractivity (Wildman–Crippen MR) is 147 cm³/mol. The minimum atomic E-state index is -0.966. The van der Waals surface area contributed by atoms with Crippen LogP contribution in [0.4, 0.5) is 26.2 Å². The number of anilines is 3. The molecule has 0 unspecified atom stereocenters. The first-order valence-electron chi connectivity index (χ1n) is 11.7. The zero-order chi connectivity index (χ0) is 26.9. The normalized spacial score (nSPS) is 11.1. The fraction of sp³-hybridized carbons (Fsp3) is 0.0357. The molecule has 0 radical (unpaired) electrons. The van der Waals surface area contributed by atoms with Gasteiger partial charge in [-0.15, -0.1) is 21.5 Å². The quantitative estimate of drug-likeness (QED) is 0.235. The van der Waals surface area contributed by atoms with Gasteiger partial charge in [-0.1, -0.05) is 0 Å². The maximum atomic E-state index is 14.3. The summed E-state index contributed by atoms with van der Waals surface area (Å²) in [5.74, 6) is -0.597. The van der Waals surface area contributed by atoms with Crippen molar-refractivity contribution in [1.82, 2.24) is 25.1 Å². The number of pyridine rings is 1. The van der Waals surface area contributed by atoms with Crippen molar-refractivity contribution in [1.29, 1.82) is 0 Å². The van der Waals surface area contributed by atoms with E-state index in [1.54, 1.807) is 48.8 Å². The Balaban J connectivity index is 1.29. The summed E-state index contributed by atoms with van der Waals surface area (Å²) >= 11 is 1.47. The van der Waals surface area contributed by atoms with E-state index in [1.807, 2.05) is 24.4 Å². The lowest BCUT2D eigenvalue weighted by Crippen LogP contribution is -2.00. The van der Waals surface area contributed by atoms with Crippen LogP contribution in [0.3, 0.4) is 0 Å². The lowest BCUT2D eigenvalue weighted by Gasteiger charge is -2.12. The van der Waals surface area contributed by atoms with Crippen LogP contribution in [0.25, 0.3) is 32.6 Å². The molecule has 0 atom stereocenters. The van der Waals surface area contributed by atoms with Gasteiger partial charge in [-0.25, -0.2) is 23.7 Å². The number of halogens is 2. The van der Waals surface area contributed by atoms with Gasteiger partial charge in [-0.3, -0.25) is 0 Å². The number of benzene rings is 2. The van der Waals surface area contributed by atoms with Gasteiger partial charge in [0.2, 0.25) is 11.8 Å². The zero-order valence-corrected chi connectivity index (χ0v) is 21.2. The standard InChI is InChI=1S/C28H19F2N7OS/c1-15-11-24(39-14-15)25-19-12-21(29)22(30)13-20(19)26(37-36-25)34-16-4-6-17(7-5-16)38-27-18(3-2-9-32-27)23-8-10-33-28(31)35-23/h2-14H,1H3,(H,34,37)(H2,31,33,35). The molecule has 0 saturated heterocycles. The van der Waals surface area contributed by atoms with Crippen LogP contribution in [0.1, 0.15) is 5.56 Å². The monoisotopic (exact) mass is 539 g/mol. The van der Waals surface area contributed by atoms with Crippen LogP contribution in [0.15, 0.2) is 78.4 Å². The Hall–Kier alpha value is -5.03. The molecule has 4 aromatic heterocycles. The topological polar surface area (TPSA) is 112 Å². The number of nitrogen functional groups attached to an aromatic ring is 1. The van der Waals surface area contributed by atoms with Crippen LogP contribution < -0.4 is 15.8 Å². The van der Waals surface area contributed by atoms with Crippen LogP contribution in [-0.4, -0.2) is 25.1 Å². The minimum absolute atomic E-state index is 0.148. The summed E-state index contributed by atoms with van der Waals surface area (Å²) in [5, 5.41) is 14.6. The minimum Gasteiger partial charge on any atom is -0.438 e. The number of nitrogens with two attached hydrogens (primary N) is 1. The van der Waals surface area contributed by atoms with E-state index in [2.05, 4.69) is 30.5 Å². The van der Waals surface area contributed by atoms with Crippen LogP contribution in [0.2, 0.25) is 0 Å². The third kappa shape index (κ3) is 4.94. The summed E-state index contributed by atoms with van der Waals surface area (Å²) in [6.45, 7) is 1.96. The molecule has 192 valence electrons. The van der Waals surface area contributed by atoms with E-state index in [0.29, 0.717) is 50.9 Å². The highest BCUT2D eigenvalue weighted by molar-refractivity contribution is 7.13. The van der Waals surface area contributed by atoms with Gasteiger partial charge in [0.05, 0.1) is 16.1 Å². The Labute approximate surface area is 225 Å². The van der Waals surface area contributed by atoms with Crippen LogP contribution >= 0.6 is 11.3 Å². The molecule has 0 aliphatic rings. The fourth-order valence-corrected chi connectivity index (χ4v) is 4.92. The maximum Gasteiger partial charge on any atom is 0.228 e. The van der Waals surface area contributed by atoms with Crippen molar-refractivity contribution in [2.75, 3.05) is 11.1 Å². The highest BCUT2D eigenvalue weighted by atomic mass is 32.1. The molecular weight excluding hydrogens is 520 g/mol. The van der Waals surface area contributed by atoms with E-state index in [1.165, 1.54) is 11.3 Å². The van der Waals surface area contributed by atoms with Gasteiger partial charge < -0.3 is 15.8 Å². The lowest BCUT2D eigenvalue weighted by atomic mass is 10.1. The molecule has 6 aromatic rings. The molecule has 6 rings (SSSR count). The van der Waals surface area contributed by atoms with Gasteiger partial charge in [0.1, 0.15) is 11.4 Å². The molecule has 0 bridgehead atoms. The van der Waals surface area contributed by atoms with Gasteiger partial charge in [0.25, 0.3) is 0 Å². The van der Waals surface area contributed by atoms with Crippen molar-refractivity contribution in [2.45, 2.75) is 6.92 Å². The molecular formula is C28H19F2N7OS. The molecule has 11 heteroatoms. The predicted octanol–water partition coefficient (Wildman–Crippen LogP) is 6.92. The Morgan fingerprint density at radius 3 is 2.44 bits per heavy atom. The summed E-state index contributed by atoms with van der Waals surface area (Å²) in [4.78, 5) is 13.3. The largest absolute Gasteiger partial charge is 0.438 e. The van der Waals surface area contributed by atoms with E-state index in [-0.39, 0.29) is 5.95 Å². The number of fused-ring (bicyclic) bond motifs is 1. The SMILES string of the molecule is Cc1csc(-c2nnc(Nc3ccc(Oc4ncccc4-c4ccnc(N)n4)cc3)c3cc(F)c(F)cc23)c1. The molecule has 8 nitrogen and oxygen atoms in total. The summed E-state index contributed by atoms with van der Waals surface area (Å²) in [5.41, 5.74) is 9.16. The van der Waals surface area contributed by atoms with Gasteiger partial charge in [-0.2, -0.15) is 0 Å². The summed E-state index contributed by atoms with van der Waals surface area (Å²) < 4.78 is 34.5. The summed E-state index contributed by atoms with van der Waals surface area (Å²) in [6.07, 6.45) is 3.18. The molecule has 0 saturated carbocycles. The Bertz CT molecular complexity index is 1830. The summed E-state index contributed by atoms with van der Waals surface area (Å²) in [6, 6.07) is 16.6. The van der Waals surface area contributed by atoms with E-state index in [4.69, 9.17) is 10.5 Å². The Morgan fingerprint density at radius 2 is 1.69 bits per heavy atom. The number of hydrogen-bond donors (Lipinski definition) is 2. The molecule has 0 aliphatic heterocycles. The molecule has 4 heterocycles. The second kappa shape index (κ2) is 10.0. The van der Waals surface area contributed by atoms with Crippen molar-refractivity contribution in [3.8, 4) is 33.5 Å². The van der Waals surface area contributed by atoms with Crippen molar-refractivity contribution in [2.24, 2.45) is 0 Å². The molecule has 3 N–H and O–H groups in total. The number of hydrogen-bond acceptors (Lipinski definition) is 9. The van der Waals surface area contributed by atoms with Crippen LogP contribution in [-0.2, 0) is 0 Å². The van der Waals surface area contributed by atoms with E-state index >= 15 is 0 Å². The molecule has 2 aromatic carbocycles. The van der Waals surface area contributed by atoms with Crippen molar-refractivity contribution < 1.29 is 13.5 Å². The lowest BCUT2D eigenvalue weighted by molar-refractivity contribution is 0.465. The first-order chi connectivity index (χ1) is 18.9. The van der Waals surface area contributed by atoms with Gasteiger partial charge in [0, 0.05) is 28.9 Å². The number of thiophene rings is 1. The number of ether oxygens (including phenoxy) is 1. The van der Waals surface area contributed by atoms with E-state index in [0.717, 1.165) is 22.6 Å². The average Bonchev–Trinajstić information content (AvgIpc) is 3.37. The van der Waals surface area contributed by atoms with Gasteiger partial charge in [0.15, 0.2) is 17.5 Å². The van der Waals surface area contributed by atoms with E-state index < -0.39 is 11.6 Å². The van der Waals surface area contributed by atoms with Crippen LogP contribution in [0.5, 0.6) is 11.6 Å². The molecule has 0 amide bonds. The zero-order valence-electron chi connectivity index (χ0n) is 20.4. The molecule has 0 fully saturated rings. The molecule has 0 aliphatic carbocycles. The highest BCUT2D eigenvalue weighted by Gasteiger charge is 2.17. The second-order valence-electron chi connectivity index (χ2n) is 8.61. The maximum absolute atomic E-state index is 14.3. The average molecular weight is 540 g/mol. The third-order valence-corrected chi connectivity index (χ3v) is 6.89. The number of rotatable bonds is 6. The number of nitrogens with one attached hydrogen (secondary N) is 1. The molecule has 0 spiro atoms. The molecule has 39 heavy (non-hydrogen) atoms. The Kier molecular flexibility index (Phi) is 6.25. The first kappa shape index (κ1) is 24.3. The van der Waals surface area contributed by atoms with Crippen molar-refractivity contribution >= 4 is 39.6 Å². The van der Waals surface area contributed by atoms with Gasteiger partial charge >= 0.3 is 0 Å². The Morgan fingerprint density at radius 1 is 0.897 bits per heavy atom. The fourth-order valence-electron chi connectivity index (χ4n) is 4.02. The first-order valence-corrected chi connectivity index (χ1v) is 12.6. The third-order valence-electron chi connectivity index (χ3n) is 5.84.